The normalized spacial score (nSPS) is 18.0. The first-order chi connectivity index (χ1) is 15.8. The van der Waals surface area contributed by atoms with E-state index in [0.717, 1.165) is 35.2 Å². The SMILES string of the molecule is CN(C)c1cc(NC2CCC(N(C(N)=O)c3ccccc3[N+](=O)[O-])CC2)nc2ccccc12. The van der Waals surface area contributed by atoms with E-state index in [0.29, 0.717) is 12.8 Å². The molecule has 2 amide bonds. The number of nitrogens with two attached hydrogens (primary N) is 1. The van der Waals surface area contributed by atoms with E-state index in [4.69, 9.17) is 10.7 Å². The highest BCUT2D eigenvalue weighted by Gasteiger charge is 2.32. The number of hydrogen-bond donors (Lipinski definition) is 2. The number of aromatic nitrogens is 1. The lowest BCUT2D eigenvalue weighted by atomic mass is 9.89. The van der Waals surface area contributed by atoms with Crippen molar-refractivity contribution in [2.45, 2.75) is 37.8 Å². The van der Waals surface area contributed by atoms with Crippen LogP contribution in [0.25, 0.3) is 10.9 Å². The van der Waals surface area contributed by atoms with Crippen molar-refractivity contribution in [3.63, 3.8) is 0 Å². The molecule has 2 aromatic carbocycles. The summed E-state index contributed by atoms with van der Waals surface area (Å²) in [6.07, 6.45) is 2.95. The largest absolute Gasteiger partial charge is 0.377 e. The number of primary amides is 1. The van der Waals surface area contributed by atoms with Crippen molar-refractivity contribution in [2.75, 3.05) is 29.2 Å². The van der Waals surface area contributed by atoms with E-state index in [9.17, 15) is 14.9 Å². The van der Waals surface area contributed by atoms with Gasteiger partial charge in [0.05, 0.1) is 10.4 Å². The topological polar surface area (TPSA) is 118 Å². The summed E-state index contributed by atoms with van der Waals surface area (Å²) in [4.78, 5) is 31.5. The molecule has 0 radical (unpaired) electrons. The zero-order valence-corrected chi connectivity index (χ0v) is 18.8. The first-order valence-corrected chi connectivity index (χ1v) is 11.0. The summed E-state index contributed by atoms with van der Waals surface area (Å²) >= 11 is 0. The van der Waals surface area contributed by atoms with Crippen LogP contribution in [0, 0.1) is 10.1 Å². The van der Waals surface area contributed by atoms with Crippen molar-refractivity contribution >= 4 is 39.8 Å². The molecular weight excluding hydrogens is 420 g/mol. The highest BCUT2D eigenvalue weighted by Crippen LogP contribution is 2.35. The number of benzene rings is 2. The molecule has 3 aromatic rings. The molecule has 1 aliphatic rings. The van der Waals surface area contributed by atoms with Crippen LogP contribution in [-0.4, -0.2) is 42.1 Å². The standard InChI is InChI=1S/C24H28N6O3/c1-28(2)22-15-23(27-19-8-4-3-7-18(19)22)26-16-11-13-17(14-12-16)29(24(25)31)20-9-5-6-10-21(20)30(32)33/h3-10,15-17H,11-14H2,1-2H3,(H2,25,31)(H,26,27). The van der Waals surface area contributed by atoms with Crippen molar-refractivity contribution < 1.29 is 9.72 Å². The monoisotopic (exact) mass is 448 g/mol. The van der Waals surface area contributed by atoms with Gasteiger partial charge in [0.15, 0.2) is 0 Å². The number of urea groups is 1. The summed E-state index contributed by atoms with van der Waals surface area (Å²) in [6.45, 7) is 0. The van der Waals surface area contributed by atoms with Crippen LogP contribution < -0.4 is 20.9 Å². The predicted octanol–water partition coefficient (Wildman–Crippen LogP) is 4.52. The highest BCUT2D eigenvalue weighted by molar-refractivity contribution is 5.94. The third-order valence-corrected chi connectivity index (χ3v) is 6.17. The van der Waals surface area contributed by atoms with Gasteiger partial charge in [0.2, 0.25) is 0 Å². The molecule has 0 bridgehead atoms. The molecule has 1 aromatic heterocycles. The summed E-state index contributed by atoms with van der Waals surface area (Å²) in [6, 6.07) is 15.7. The summed E-state index contributed by atoms with van der Waals surface area (Å²) in [5.74, 6) is 0.811. The van der Waals surface area contributed by atoms with Gasteiger partial charge >= 0.3 is 6.03 Å². The Hall–Kier alpha value is -3.88. The number of nitro groups is 1. The molecule has 0 spiro atoms. The fourth-order valence-electron chi connectivity index (χ4n) is 4.61. The minimum absolute atomic E-state index is 0.117. The molecular formula is C24H28N6O3. The number of anilines is 3. The molecule has 0 saturated heterocycles. The van der Waals surface area contributed by atoms with Crippen LogP contribution in [0.15, 0.2) is 54.6 Å². The number of hydrogen-bond acceptors (Lipinski definition) is 6. The van der Waals surface area contributed by atoms with Gasteiger partial charge in [-0.1, -0.05) is 30.3 Å². The van der Waals surface area contributed by atoms with Gasteiger partial charge in [-0.15, -0.1) is 0 Å². The van der Waals surface area contributed by atoms with Gasteiger partial charge in [-0.25, -0.2) is 9.78 Å². The van der Waals surface area contributed by atoms with Crippen LogP contribution >= 0.6 is 0 Å². The van der Waals surface area contributed by atoms with Gasteiger partial charge < -0.3 is 16.0 Å². The predicted molar refractivity (Wildman–Crippen MR) is 131 cm³/mol. The van der Waals surface area contributed by atoms with E-state index in [1.165, 1.54) is 11.0 Å². The van der Waals surface area contributed by atoms with Crippen LogP contribution in [-0.2, 0) is 0 Å². The first kappa shape index (κ1) is 22.3. The first-order valence-electron chi connectivity index (χ1n) is 11.0. The number of rotatable bonds is 6. The van der Waals surface area contributed by atoms with Crippen molar-refractivity contribution in [3.8, 4) is 0 Å². The molecule has 3 N–H and O–H groups in total. The Kier molecular flexibility index (Phi) is 6.30. The molecule has 33 heavy (non-hydrogen) atoms. The molecule has 4 rings (SSSR count). The van der Waals surface area contributed by atoms with Gasteiger partial charge in [0, 0.05) is 49.4 Å². The number of para-hydroxylation sites is 3. The van der Waals surface area contributed by atoms with Crippen LogP contribution in [0.2, 0.25) is 0 Å². The van der Waals surface area contributed by atoms with E-state index in [-0.39, 0.29) is 23.5 Å². The van der Waals surface area contributed by atoms with E-state index in [2.05, 4.69) is 22.3 Å². The summed E-state index contributed by atoms with van der Waals surface area (Å²) in [7, 11) is 4.02. The van der Waals surface area contributed by atoms with Crippen molar-refractivity contribution in [1.29, 1.82) is 0 Å². The molecule has 0 atom stereocenters. The Morgan fingerprint density at radius 1 is 1.06 bits per heavy atom. The molecule has 172 valence electrons. The molecule has 0 aliphatic heterocycles. The summed E-state index contributed by atoms with van der Waals surface area (Å²) in [5, 5.41) is 16.1. The average Bonchev–Trinajstić information content (AvgIpc) is 2.80. The maximum absolute atomic E-state index is 12.3. The third-order valence-electron chi connectivity index (χ3n) is 6.17. The summed E-state index contributed by atoms with van der Waals surface area (Å²) < 4.78 is 0. The molecule has 1 aliphatic carbocycles. The highest BCUT2D eigenvalue weighted by atomic mass is 16.6. The van der Waals surface area contributed by atoms with Gasteiger partial charge in [0.25, 0.3) is 5.69 Å². The number of carbonyl (C=O) groups is 1. The van der Waals surface area contributed by atoms with Crippen molar-refractivity contribution in [3.05, 3.63) is 64.7 Å². The van der Waals surface area contributed by atoms with Crippen LogP contribution in [0.1, 0.15) is 25.7 Å². The van der Waals surface area contributed by atoms with E-state index in [1.807, 2.05) is 32.3 Å². The fraction of sp³-hybridized carbons (Fsp3) is 0.333. The smallest absolute Gasteiger partial charge is 0.319 e. The quantitative estimate of drug-likeness (QED) is 0.423. The van der Waals surface area contributed by atoms with Gasteiger partial charge in [-0.2, -0.15) is 0 Å². The number of pyridine rings is 1. The Morgan fingerprint density at radius 2 is 1.73 bits per heavy atom. The Labute approximate surface area is 192 Å². The Balaban J connectivity index is 1.50. The van der Waals surface area contributed by atoms with E-state index >= 15 is 0 Å². The van der Waals surface area contributed by atoms with Crippen LogP contribution in [0.5, 0.6) is 0 Å². The maximum Gasteiger partial charge on any atom is 0.319 e. The van der Waals surface area contributed by atoms with Crippen molar-refractivity contribution in [2.24, 2.45) is 5.73 Å². The van der Waals surface area contributed by atoms with Crippen LogP contribution in [0.4, 0.5) is 27.7 Å². The zero-order valence-electron chi connectivity index (χ0n) is 18.8. The van der Waals surface area contributed by atoms with Crippen molar-refractivity contribution in [1.82, 2.24) is 4.98 Å². The second-order valence-corrected chi connectivity index (χ2v) is 8.54. The number of amides is 2. The Bertz CT molecular complexity index is 1170. The number of nitrogens with zero attached hydrogens (tertiary/aromatic N) is 4. The van der Waals surface area contributed by atoms with Crippen LogP contribution in [0.3, 0.4) is 0 Å². The lowest BCUT2D eigenvalue weighted by Gasteiger charge is -2.36. The lowest BCUT2D eigenvalue weighted by Crippen LogP contribution is -2.47. The second-order valence-electron chi connectivity index (χ2n) is 8.54. The minimum atomic E-state index is -0.674. The molecule has 1 heterocycles. The van der Waals surface area contributed by atoms with E-state index in [1.54, 1.807) is 18.2 Å². The number of carbonyl (C=O) groups excluding carboxylic acids is 1. The number of nitro benzene ring substituents is 1. The Morgan fingerprint density at radius 3 is 2.39 bits per heavy atom. The second kappa shape index (κ2) is 9.32. The van der Waals surface area contributed by atoms with Gasteiger partial charge in [-0.3, -0.25) is 15.0 Å². The third kappa shape index (κ3) is 4.67. The van der Waals surface area contributed by atoms with Gasteiger partial charge in [-0.05, 0) is 37.8 Å². The summed E-state index contributed by atoms with van der Waals surface area (Å²) in [5.41, 5.74) is 7.81. The van der Waals surface area contributed by atoms with E-state index < -0.39 is 11.0 Å². The maximum atomic E-state index is 12.3. The number of fused-ring (bicyclic) bond motifs is 1. The minimum Gasteiger partial charge on any atom is -0.377 e. The number of nitrogens with one attached hydrogen (secondary N) is 1. The lowest BCUT2D eigenvalue weighted by molar-refractivity contribution is -0.384. The molecule has 1 saturated carbocycles. The average molecular weight is 449 g/mol. The molecule has 9 heteroatoms. The zero-order chi connectivity index (χ0) is 23.5. The van der Waals surface area contributed by atoms with Gasteiger partial charge in [0.1, 0.15) is 11.5 Å². The molecule has 1 fully saturated rings. The molecule has 9 nitrogen and oxygen atoms in total. The molecule has 0 unspecified atom stereocenters. The fourth-order valence-corrected chi connectivity index (χ4v) is 4.61.